The molecular weight excluding hydrogens is 340 g/mol. The Hall–Kier alpha value is -2.33. The molecule has 0 saturated carbocycles. The van der Waals surface area contributed by atoms with Crippen molar-refractivity contribution in [3.8, 4) is 0 Å². The smallest absolute Gasteiger partial charge is 0.258 e. The molecule has 22 heavy (non-hydrogen) atoms. The van der Waals surface area contributed by atoms with E-state index >= 15 is 0 Å². The summed E-state index contributed by atoms with van der Waals surface area (Å²) in [7, 11) is 0. The van der Waals surface area contributed by atoms with Crippen LogP contribution in [0.1, 0.15) is 11.3 Å². The summed E-state index contributed by atoms with van der Waals surface area (Å²) < 4.78 is 0.993. The molecule has 3 nitrogen and oxygen atoms in total. The summed E-state index contributed by atoms with van der Waals surface area (Å²) in [6.07, 6.45) is 0.713. The first-order valence-corrected chi connectivity index (χ1v) is 7.87. The Labute approximate surface area is 135 Å². The van der Waals surface area contributed by atoms with Crippen LogP contribution >= 0.6 is 15.9 Å². The summed E-state index contributed by atoms with van der Waals surface area (Å²) in [5.41, 5.74) is 3.89. The van der Waals surface area contributed by atoms with Gasteiger partial charge < -0.3 is 9.97 Å². The monoisotopic (exact) mass is 352 g/mol. The van der Waals surface area contributed by atoms with Gasteiger partial charge in [-0.25, -0.2) is 0 Å². The molecule has 108 valence electrons. The van der Waals surface area contributed by atoms with Gasteiger partial charge in [-0.2, -0.15) is 0 Å². The highest BCUT2D eigenvalue weighted by atomic mass is 79.9. The normalized spacial score (nSPS) is 11.3. The molecule has 0 bridgehead atoms. The van der Waals surface area contributed by atoms with Crippen molar-refractivity contribution in [1.82, 2.24) is 9.97 Å². The number of fused-ring (bicyclic) bond motifs is 3. The van der Waals surface area contributed by atoms with Gasteiger partial charge in [0.05, 0.1) is 10.9 Å². The molecule has 0 aliphatic carbocycles. The SMILES string of the molecule is O=c1[nH]c(Cc2ccccc2)cc2[nH]c3cc(Br)ccc3c12. The number of halogens is 1. The summed E-state index contributed by atoms with van der Waals surface area (Å²) in [6.45, 7) is 0. The van der Waals surface area contributed by atoms with Crippen LogP contribution in [-0.2, 0) is 6.42 Å². The highest BCUT2D eigenvalue weighted by molar-refractivity contribution is 9.10. The predicted molar refractivity (Wildman–Crippen MR) is 93.4 cm³/mol. The number of aromatic nitrogens is 2. The molecule has 2 heterocycles. The molecule has 0 saturated heterocycles. The average molecular weight is 353 g/mol. The van der Waals surface area contributed by atoms with E-state index in [-0.39, 0.29) is 5.56 Å². The second-order valence-corrected chi connectivity index (χ2v) is 6.31. The molecule has 4 rings (SSSR count). The maximum Gasteiger partial charge on any atom is 0.258 e. The molecule has 0 fully saturated rings. The zero-order chi connectivity index (χ0) is 15.1. The van der Waals surface area contributed by atoms with Crippen LogP contribution in [-0.4, -0.2) is 9.97 Å². The van der Waals surface area contributed by atoms with E-state index in [0.29, 0.717) is 6.42 Å². The summed E-state index contributed by atoms with van der Waals surface area (Å²) >= 11 is 3.46. The number of aromatic amines is 2. The van der Waals surface area contributed by atoms with E-state index in [1.165, 1.54) is 5.56 Å². The number of pyridine rings is 1. The Morgan fingerprint density at radius 2 is 1.73 bits per heavy atom. The van der Waals surface area contributed by atoms with Crippen molar-refractivity contribution in [2.24, 2.45) is 0 Å². The van der Waals surface area contributed by atoms with Crippen molar-refractivity contribution in [2.75, 3.05) is 0 Å². The fourth-order valence-corrected chi connectivity index (χ4v) is 3.23. The zero-order valence-corrected chi connectivity index (χ0v) is 13.3. The number of hydrogen-bond acceptors (Lipinski definition) is 1. The summed E-state index contributed by atoms with van der Waals surface area (Å²) in [4.78, 5) is 18.8. The van der Waals surface area contributed by atoms with E-state index < -0.39 is 0 Å². The number of benzene rings is 2. The Morgan fingerprint density at radius 1 is 0.909 bits per heavy atom. The lowest BCUT2D eigenvalue weighted by atomic mass is 10.1. The van der Waals surface area contributed by atoms with Gasteiger partial charge in [0.25, 0.3) is 5.56 Å². The first-order chi connectivity index (χ1) is 10.7. The fourth-order valence-electron chi connectivity index (χ4n) is 2.87. The van der Waals surface area contributed by atoms with Gasteiger partial charge in [-0.05, 0) is 23.8 Å². The van der Waals surface area contributed by atoms with Gasteiger partial charge in [0, 0.05) is 27.5 Å². The minimum absolute atomic E-state index is 0.0444. The maximum absolute atomic E-state index is 12.5. The van der Waals surface area contributed by atoms with Crippen LogP contribution in [0.5, 0.6) is 0 Å². The van der Waals surface area contributed by atoms with E-state index in [4.69, 9.17) is 0 Å². The minimum Gasteiger partial charge on any atom is -0.354 e. The van der Waals surface area contributed by atoms with Gasteiger partial charge in [-0.3, -0.25) is 4.79 Å². The van der Waals surface area contributed by atoms with Crippen LogP contribution in [0.3, 0.4) is 0 Å². The molecule has 2 N–H and O–H groups in total. The van der Waals surface area contributed by atoms with E-state index in [1.807, 2.05) is 42.5 Å². The van der Waals surface area contributed by atoms with Crippen molar-refractivity contribution in [3.63, 3.8) is 0 Å². The third kappa shape index (κ3) is 2.25. The van der Waals surface area contributed by atoms with Crippen LogP contribution in [0.15, 0.2) is 63.9 Å². The van der Waals surface area contributed by atoms with Crippen molar-refractivity contribution < 1.29 is 0 Å². The zero-order valence-electron chi connectivity index (χ0n) is 11.7. The average Bonchev–Trinajstić information content (AvgIpc) is 2.85. The van der Waals surface area contributed by atoms with Crippen LogP contribution in [0, 0.1) is 0 Å². The lowest BCUT2D eigenvalue weighted by Crippen LogP contribution is -2.09. The Kier molecular flexibility index (Phi) is 3.12. The summed E-state index contributed by atoms with van der Waals surface area (Å²) in [5.74, 6) is 0. The standard InChI is InChI=1S/C18H13BrN2O/c19-12-6-7-14-15(9-12)21-16-10-13(20-18(22)17(14)16)8-11-4-2-1-3-5-11/h1-7,9-10,21H,8H2,(H,20,22). The molecular formula is C18H13BrN2O. The van der Waals surface area contributed by atoms with E-state index in [2.05, 4.69) is 38.0 Å². The number of nitrogens with one attached hydrogen (secondary N) is 2. The summed E-state index contributed by atoms with van der Waals surface area (Å²) in [6, 6.07) is 18.1. The molecule has 2 aromatic carbocycles. The Balaban J connectivity index is 1.89. The fraction of sp³-hybridized carbons (Fsp3) is 0.0556. The molecule has 0 radical (unpaired) electrons. The van der Waals surface area contributed by atoms with Crippen molar-refractivity contribution in [1.29, 1.82) is 0 Å². The van der Waals surface area contributed by atoms with Crippen molar-refractivity contribution in [3.05, 3.63) is 80.7 Å². The van der Waals surface area contributed by atoms with Crippen LogP contribution in [0.2, 0.25) is 0 Å². The van der Waals surface area contributed by atoms with Crippen LogP contribution in [0.4, 0.5) is 0 Å². The molecule has 0 spiro atoms. The molecule has 4 heteroatoms. The van der Waals surface area contributed by atoms with Crippen LogP contribution < -0.4 is 5.56 Å². The van der Waals surface area contributed by atoms with Gasteiger partial charge in [0.15, 0.2) is 0 Å². The topological polar surface area (TPSA) is 48.6 Å². The van der Waals surface area contributed by atoms with Gasteiger partial charge >= 0.3 is 0 Å². The molecule has 4 aromatic rings. The highest BCUT2D eigenvalue weighted by Gasteiger charge is 2.10. The van der Waals surface area contributed by atoms with E-state index in [9.17, 15) is 4.79 Å². The Bertz CT molecular complexity index is 1030. The first kappa shape index (κ1) is 13.3. The molecule has 0 unspecified atom stereocenters. The van der Waals surface area contributed by atoms with Crippen molar-refractivity contribution in [2.45, 2.75) is 6.42 Å². The first-order valence-electron chi connectivity index (χ1n) is 7.08. The third-order valence-electron chi connectivity index (χ3n) is 3.85. The van der Waals surface area contributed by atoms with Gasteiger partial charge in [0.2, 0.25) is 0 Å². The quantitative estimate of drug-likeness (QED) is 0.553. The number of H-pyrrole nitrogens is 2. The molecule has 0 atom stereocenters. The van der Waals surface area contributed by atoms with Gasteiger partial charge in [-0.15, -0.1) is 0 Å². The largest absolute Gasteiger partial charge is 0.354 e. The lowest BCUT2D eigenvalue weighted by Gasteiger charge is -2.02. The predicted octanol–water partition coefficient (Wildman–Crippen LogP) is 4.36. The van der Waals surface area contributed by atoms with E-state index in [0.717, 1.165) is 32.0 Å². The molecule has 0 aliphatic rings. The van der Waals surface area contributed by atoms with Gasteiger partial charge in [-0.1, -0.05) is 52.3 Å². The second kappa shape index (κ2) is 5.14. The minimum atomic E-state index is -0.0444. The second-order valence-electron chi connectivity index (χ2n) is 5.39. The summed E-state index contributed by atoms with van der Waals surface area (Å²) in [5, 5.41) is 1.67. The molecule has 0 aliphatic heterocycles. The Morgan fingerprint density at radius 3 is 2.55 bits per heavy atom. The lowest BCUT2D eigenvalue weighted by molar-refractivity contribution is 1.06. The number of hydrogen-bond donors (Lipinski definition) is 2. The van der Waals surface area contributed by atoms with Crippen molar-refractivity contribution >= 4 is 37.7 Å². The third-order valence-corrected chi connectivity index (χ3v) is 4.34. The molecule has 2 aromatic heterocycles. The molecule has 0 amide bonds. The maximum atomic E-state index is 12.5. The van der Waals surface area contributed by atoms with Crippen LogP contribution in [0.25, 0.3) is 21.8 Å². The van der Waals surface area contributed by atoms with Gasteiger partial charge in [0.1, 0.15) is 0 Å². The van der Waals surface area contributed by atoms with E-state index in [1.54, 1.807) is 0 Å². The highest BCUT2D eigenvalue weighted by Crippen LogP contribution is 2.25. The number of rotatable bonds is 2.